The lowest BCUT2D eigenvalue weighted by Crippen LogP contribution is -2.44. The van der Waals surface area contributed by atoms with Gasteiger partial charge in [0.1, 0.15) is 12.3 Å². The van der Waals surface area contributed by atoms with E-state index in [9.17, 15) is 22.8 Å². The van der Waals surface area contributed by atoms with Gasteiger partial charge in [-0.15, -0.1) is 0 Å². The Kier molecular flexibility index (Phi) is 3.64. The lowest BCUT2D eigenvalue weighted by molar-refractivity contribution is -0.145. The fraction of sp³-hybridized carbons (Fsp3) is 0.833. The first-order valence-electron chi connectivity index (χ1n) is 6.25. The molecule has 2 saturated carbocycles. The topological polar surface area (TPSA) is 46.2 Å². The minimum Gasteiger partial charge on any atom is -0.347 e. The first-order valence-corrected chi connectivity index (χ1v) is 6.25. The number of fused-ring (bicyclic) bond motifs is 2. The zero-order valence-corrected chi connectivity index (χ0v) is 9.93. The highest BCUT2D eigenvalue weighted by Crippen LogP contribution is 2.40. The highest BCUT2D eigenvalue weighted by atomic mass is 19.4. The smallest absolute Gasteiger partial charge is 0.347 e. The Labute approximate surface area is 103 Å². The van der Waals surface area contributed by atoms with Gasteiger partial charge in [-0.05, 0) is 25.7 Å². The number of halogens is 3. The Hall–Kier alpha value is -1.07. The molecule has 2 bridgehead atoms. The van der Waals surface area contributed by atoms with Crippen LogP contribution in [-0.4, -0.2) is 24.4 Å². The van der Waals surface area contributed by atoms with Crippen LogP contribution >= 0.6 is 0 Å². The molecular weight excluding hydrogens is 247 g/mol. The van der Waals surface area contributed by atoms with Crippen molar-refractivity contribution < 1.29 is 22.8 Å². The minimum atomic E-state index is -4.38. The van der Waals surface area contributed by atoms with Crippen LogP contribution in [-0.2, 0) is 9.59 Å². The zero-order chi connectivity index (χ0) is 13.3. The first kappa shape index (κ1) is 13.4. The molecule has 102 valence electrons. The number of rotatable bonds is 2. The summed E-state index contributed by atoms with van der Waals surface area (Å²) in [5.74, 6) is -1.00. The fourth-order valence-corrected chi connectivity index (χ4v) is 3.03. The maximum atomic E-state index is 12.0. The van der Waals surface area contributed by atoms with Crippen LogP contribution < -0.4 is 5.32 Å². The van der Waals surface area contributed by atoms with Gasteiger partial charge in [0.25, 0.3) is 0 Å². The number of carbonyl (C=O) groups is 2. The summed E-state index contributed by atoms with van der Waals surface area (Å²) in [4.78, 5) is 23.4. The average molecular weight is 263 g/mol. The van der Waals surface area contributed by atoms with Crippen LogP contribution in [0.4, 0.5) is 13.2 Å². The molecule has 18 heavy (non-hydrogen) atoms. The Balaban J connectivity index is 1.90. The molecule has 0 aromatic rings. The number of nitrogens with one attached hydrogen (secondary N) is 1. The van der Waals surface area contributed by atoms with Crippen molar-refractivity contribution in [1.82, 2.24) is 5.32 Å². The van der Waals surface area contributed by atoms with Crippen molar-refractivity contribution in [2.24, 2.45) is 17.8 Å². The van der Waals surface area contributed by atoms with E-state index in [0.717, 1.165) is 19.3 Å². The summed E-state index contributed by atoms with van der Waals surface area (Å²) >= 11 is 0. The van der Waals surface area contributed by atoms with Gasteiger partial charge in [-0.1, -0.05) is 6.42 Å². The van der Waals surface area contributed by atoms with Gasteiger partial charge < -0.3 is 5.32 Å². The number of Topliss-reactive ketones (excluding diaryl/α,β-unsaturated/α-hetero) is 1. The lowest BCUT2D eigenvalue weighted by Gasteiger charge is -2.36. The third-order valence-corrected chi connectivity index (χ3v) is 3.88. The van der Waals surface area contributed by atoms with Crippen molar-refractivity contribution in [2.45, 2.75) is 38.3 Å². The SMILES string of the molecule is O=C(NCC(F)(F)F)C1CC2CCCC(C1)C2=O. The molecule has 2 aliphatic rings. The molecule has 2 atom stereocenters. The van der Waals surface area contributed by atoms with Gasteiger partial charge in [-0.3, -0.25) is 9.59 Å². The van der Waals surface area contributed by atoms with Crippen molar-refractivity contribution in [2.75, 3.05) is 6.54 Å². The van der Waals surface area contributed by atoms with Gasteiger partial charge in [0.2, 0.25) is 5.91 Å². The molecule has 3 nitrogen and oxygen atoms in total. The number of carbonyl (C=O) groups excluding carboxylic acids is 2. The standard InChI is InChI=1S/C12H16F3NO2/c13-12(14,15)6-16-11(18)9-4-7-2-1-3-8(5-9)10(7)17/h7-9H,1-6H2,(H,16,18). The number of ketones is 1. The van der Waals surface area contributed by atoms with E-state index in [-0.39, 0.29) is 17.6 Å². The summed E-state index contributed by atoms with van der Waals surface area (Å²) in [5, 5.41) is 1.92. The van der Waals surface area contributed by atoms with E-state index >= 15 is 0 Å². The summed E-state index contributed by atoms with van der Waals surface area (Å²) in [6.07, 6.45) is -1.01. The highest BCUT2D eigenvalue weighted by molar-refractivity contribution is 5.88. The van der Waals surface area contributed by atoms with Gasteiger partial charge in [0.15, 0.2) is 0 Å². The second kappa shape index (κ2) is 4.90. The van der Waals surface area contributed by atoms with Crippen LogP contribution in [0.1, 0.15) is 32.1 Å². The molecule has 0 aliphatic heterocycles. The number of amides is 1. The molecule has 1 amide bonds. The second-order valence-electron chi connectivity index (χ2n) is 5.23. The zero-order valence-electron chi connectivity index (χ0n) is 9.93. The number of alkyl halides is 3. The molecule has 0 radical (unpaired) electrons. The predicted molar refractivity (Wildman–Crippen MR) is 57.6 cm³/mol. The van der Waals surface area contributed by atoms with E-state index in [2.05, 4.69) is 0 Å². The summed E-state index contributed by atoms with van der Waals surface area (Å²) in [6.45, 7) is -1.29. The minimum absolute atomic E-state index is 0.112. The molecule has 0 aromatic carbocycles. The molecule has 2 aliphatic carbocycles. The molecule has 2 unspecified atom stereocenters. The maximum absolute atomic E-state index is 12.0. The van der Waals surface area contributed by atoms with Crippen LogP contribution in [0, 0.1) is 17.8 Å². The van der Waals surface area contributed by atoms with Crippen LogP contribution in [0.3, 0.4) is 0 Å². The third kappa shape index (κ3) is 3.03. The molecular formula is C12H16F3NO2. The van der Waals surface area contributed by atoms with E-state index in [1.54, 1.807) is 0 Å². The summed E-state index contributed by atoms with van der Waals surface area (Å²) in [6, 6.07) is 0. The van der Waals surface area contributed by atoms with Crippen molar-refractivity contribution in [3.63, 3.8) is 0 Å². The van der Waals surface area contributed by atoms with E-state index in [1.165, 1.54) is 0 Å². The normalized spacial score (nSPS) is 32.2. The number of hydrogen-bond donors (Lipinski definition) is 1. The van der Waals surface area contributed by atoms with Gasteiger partial charge >= 0.3 is 6.18 Å². The van der Waals surface area contributed by atoms with Gasteiger partial charge in [-0.25, -0.2) is 0 Å². The molecule has 0 spiro atoms. The van der Waals surface area contributed by atoms with Crippen molar-refractivity contribution in [3.8, 4) is 0 Å². The largest absolute Gasteiger partial charge is 0.405 e. The van der Waals surface area contributed by atoms with Crippen molar-refractivity contribution in [3.05, 3.63) is 0 Å². The van der Waals surface area contributed by atoms with E-state index in [4.69, 9.17) is 0 Å². The average Bonchev–Trinajstić information content (AvgIpc) is 2.24. The quantitative estimate of drug-likeness (QED) is 0.829. The lowest BCUT2D eigenvalue weighted by atomic mass is 9.67. The van der Waals surface area contributed by atoms with Crippen LogP contribution in [0.15, 0.2) is 0 Å². The maximum Gasteiger partial charge on any atom is 0.405 e. The molecule has 6 heteroatoms. The second-order valence-corrected chi connectivity index (χ2v) is 5.23. The van der Waals surface area contributed by atoms with Gasteiger partial charge in [-0.2, -0.15) is 13.2 Å². The van der Waals surface area contributed by atoms with Gasteiger partial charge in [0, 0.05) is 17.8 Å². The summed E-state index contributed by atoms with van der Waals surface area (Å²) in [7, 11) is 0. The first-order chi connectivity index (χ1) is 8.37. The molecule has 1 N–H and O–H groups in total. The van der Waals surface area contributed by atoms with Crippen molar-refractivity contribution >= 4 is 11.7 Å². The molecule has 2 rings (SSSR count). The molecule has 0 saturated heterocycles. The monoisotopic (exact) mass is 263 g/mol. The third-order valence-electron chi connectivity index (χ3n) is 3.88. The Bertz CT molecular complexity index is 338. The molecule has 0 heterocycles. The van der Waals surface area contributed by atoms with Crippen LogP contribution in [0.5, 0.6) is 0 Å². The van der Waals surface area contributed by atoms with E-state index in [1.807, 2.05) is 5.32 Å². The van der Waals surface area contributed by atoms with Crippen LogP contribution in [0.2, 0.25) is 0 Å². The highest BCUT2D eigenvalue weighted by Gasteiger charge is 2.41. The Morgan fingerprint density at radius 1 is 1.22 bits per heavy atom. The summed E-state index contributed by atoms with van der Waals surface area (Å²) < 4.78 is 36.0. The van der Waals surface area contributed by atoms with Crippen molar-refractivity contribution in [1.29, 1.82) is 0 Å². The number of hydrogen-bond acceptors (Lipinski definition) is 2. The Morgan fingerprint density at radius 2 is 1.78 bits per heavy atom. The van der Waals surface area contributed by atoms with E-state index < -0.39 is 24.5 Å². The van der Waals surface area contributed by atoms with Crippen LogP contribution in [0.25, 0.3) is 0 Å². The fourth-order valence-electron chi connectivity index (χ4n) is 3.03. The molecule has 0 aromatic heterocycles. The predicted octanol–water partition coefficient (Wildman–Crippen LogP) is 2.06. The van der Waals surface area contributed by atoms with E-state index in [0.29, 0.717) is 12.8 Å². The van der Waals surface area contributed by atoms with Gasteiger partial charge in [0.05, 0.1) is 0 Å². The summed E-state index contributed by atoms with van der Waals surface area (Å²) in [5.41, 5.74) is 0. The Morgan fingerprint density at radius 3 is 2.28 bits per heavy atom. The molecule has 2 fully saturated rings.